The number of nitrogens with one attached hydrogen (secondary N) is 1. The number of benzene rings is 3. The van der Waals surface area contributed by atoms with E-state index in [2.05, 4.69) is 30.2 Å². The fourth-order valence-electron chi connectivity index (χ4n) is 6.64. The molecule has 0 spiro atoms. The molecular formula is C40H34ClFN8O4. The summed E-state index contributed by atoms with van der Waals surface area (Å²) < 4.78 is 22.5. The Morgan fingerprint density at radius 1 is 0.852 bits per heavy atom. The first-order valence-electron chi connectivity index (χ1n) is 17.2. The Morgan fingerprint density at radius 3 is 2.50 bits per heavy atom. The third-order valence-electron chi connectivity index (χ3n) is 9.41. The van der Waals surface area contributed by atoms with E-state index in [9.17, 15) is 14.4 Å². The molecule has 5 heterocycles. The van der Waals surface area contributed by atoms with E-state index >= 15 is 4.39 Å². The van der Waals surface area contributed by atoms with Crippen LogP contribution in [0.5, 0.6) is 5.75 Å². The number of rotatable bonds is 9. The van der Waals surface area contributed by atoms with Crippen LogP contribution >= 0.6 is 12.4 Å². The van der Waals surface area contributed by atoms with E-state index in [1.54, 1.807) is 59.9 Å². The number of carbonyl (C=O) groups excluding carboxylic acids is 1. The number of carbonyl (C=O) groups is 1. The van der Waals surface area contributed by atoms with Crippen LogP contribution < -0.4 is 20.8 Å². The predicted octanol–water partition coefficient (Wildman–Crippen LogP) is 5.28. The molecule has 1 saturated heterocycles. The quantitative estimate of drug-likeness (QED) is 0.209. The van der Waals surface area contributed by atoms with Gasteiger partial charge < -0.3 is 14.5 Å². The Labute approximate surface area is 314 Å². The van der Waals surface area contributed by atoms with Gasteiger partial charge in [0.15, 0.2) is 0 Å². The molecule has 0 radical (unpaired) electrons. The van der Waals surface area contributed by atoms with Crippen molar-refractivity contribution >= 4 is 45.7 Å². The summed E-state index contributed by atoms with van der Waals surface area (Å²) in [7, 11) is 0. The van der Waals surface area contributed by atoms with Gasteiger partial charge in [-0.05, 0) is 66.2 Å². The molecule has 1 amide bonds. The Balaban J connectivity index is 0.00000450. The molecule has 1 fully saturated rings. The van der Waals surface area contributed by atoms with E-state index in [-0.39, 0.29) is 48.1 Å². The molecule has 12 nitrogen and oxygen atoms in total. The standard InChI is InChI=1S/C40H33FN8O4.ClH/c41-33-10-7-26(23-36-29-5-1-2-6-30(29)39(51)45-44-36)22-32(33)40(52)48-18-16-47(17-19-48)28-8-9-31-35(24-28)43-15-13-37(31)53-21-20-49-38(50)12-11-34(46-49)27-4-3-14-42-25-27;/h1-15,22,24-25H,16-21,23H2,(H,45,51);1H. The predicted molar refractivity (Wildman–Crippen MR) is 206 cm³/mol. The molecule has 7 aromatic rings. The molecule has 0 unspecified atom stereocenters. The first-order valence-corrected chi connectivity index (χ1v) is 17.2. The van der Waals surface area contributed by atoms with Gasteiger partial charge in [-0.25, -0.2) is 14.2 Å². The van der Waals surface area contributed by atoms with Crippen molar-refractivity contribution in [3.63, 3.8) is 0 Å². The number of pyridine rings is 2. The lowest BCUT2D eigenvalue weighted by Gasteiger charge is -2.36. The van der Waals surface area contributed by atoms with Crippen LogP contribution in [-0.2, 0) is 13.0 Å². The van der Waals surface area contributed by atoms with Gasteiger partial charge in [-0.15, -0.1) is 12.4 Å². The Kier molecular flexibility index (Phi) is 10.4. The SMILES string of the molecule is Cl.O=C(c1cc(Cc2n[nH]c(=O)c3ccccc23)ccc1F)N1CCN(c2ccc3c(OCCn4nc(-c5cccnc5)ccc4=O)ccnc3c2)CC1. The van der Waals surface area contributed by atoms with Crippen LogP contribution in [0.3, 0.4) is 0 Å². The fraction of sp³-hybridized carbons (Fsp3) is 0.175. The maximum atomic E-state index is 15.0. The maximum absolute atomic E-state index is 15.0. The van der Waals surface area contributed by atoms with Crippen LogP contribution in [0.25, 0.3) is 32.9 Å². The average molecular weight is 745 g/mol. The fourth-order valence-corrected chi connectivity index (χ4v) is 6.64. The first-order chi connectivity index (χ1) is 25.9. The van der Waals surface area contributed by atoms with Crippen molar-refractivity contribution in [1.29, 1.82) is 0 Å². The lowest BCUT2D eigenvalue weighted by Crippen LogP contribution is -2.49. The first kappa shape index (κ1) is 35.9. The summed E-state index contributed by atoms with van der Waals surface area (Å²) in [6, 6.07) is 26.3. The van der Waals surface area contributed by atoms with Gasteiger partial charge in [0.2, 0.25) is 0 Å². The van der Waals surface area contributed by atoms with Crippen LogP contribution in [0.2, 0.25) is 0 Å². The van der Waals surface area contributed by atoms with Crippen LogP contribution in [0.4, 0.5) is 10.1 Å². The molecular weight excluding hydrogens is 711 g/mol. The van der Waals surface area contributed by atoms with Crippen molar-refractivity contribution < 1.29 is 13.9 Å². The number of ether oxygens (including phenoxy) is 1. The minimum atomic E-state index is -0.583. The Bertz CT molecular complexity index is 2590. The number of aromatic amines is 1. The van der Waals surface area contributed by atoms with Gasteiger partial charge in [-0.1, -0.05) is 24.3 Å². The smallest absolute Gasteiger partial charge is 0.272 e. The van der Waals surface area contributed by atoms with Crippen molar-refractivity contribution in [3.8, 4) is 17.0 Å². The number of nitrogens with zero attached hydrogens (tertiary/aromatic N) is 7. The number of piperazine rings is 1. The topological polar surface area (TPSA) is 139 Å². The number of aromatic nitrogens is 6. The minimum Gasteiger partial charge on any atom is -0.491 e. The average Bonchev–Trinajstić information content (AvgIpc) is 3.20. The van der Waals surface area contributed by atoms with Gasteiger partial charge in [-0.2, -0.15) is 10.2 Å². The van der Waals surface area contributed by atoms with Crippen molar-refractivity contribution in [2.45, 2.75) is 13.0 Å². The summed E-state index contributed by atoms with van der Waals surface area (Å²) in [6.45, 7) is 2.43. The molecule has 0 saturated carbocycles. The summed E-state index contributed by atoms with van der Waals surface area (Å²) in [5, 5.41) is 13.3. The van der Waals surface area contributed by atoms with Gasteiger partial charge >= 0.3 is 0 Å². The zero-order chi connectivity index (χ0) is 36.3. The van der Waals surface area contributed by atoms with Gasteiger partial charge in [0.25, 0.3) is 17.0 Å². The third kappa shape index (κ3) is 7.39. The molecule has 1 aliphatic rings. The van der Waals surface area contributed by atoms with Crippen molar-refractivity contribution in [2.75, 3.05) is 37.7 Å². The number of H-pyrrole nitrogens is 1. The number of hydrogen-bond acceptors (Lipinski definition) is 9. The number of fused-ring (bicyclic) bond motifs is 2. The number of amides is 1. The van der Waals surface area contributed by atoms with E-state index in [1.165, 1.54) is 16.8 Å². The maximum Gasteiger partial charge on any atom is 0.272 e. The van der Waals surface area contributed by atoms with Gasteiger partial charge in [-0.3, -0.25) is 24.4 Å². The summed E-state index contributed by atoms with van der Waals surface area (Å²) in [4.78, 5) is 50.8. The molecule has 8 rings (SSSR count). The molecule has 0 atom stereocenters. The van der Waals surface area contributed by atoms with E-state index in [0.29, 0.717) is 66.1 Å². The van der Waals surface area contributed by atoms with Gasteiger partial charge in [0.05, 0.1) is 34.4 Å². The molecule has 1 N–H and O–H groups in total. The summed E-state index contributed by atoms with van der Waals surface area (Å²) in [6.07, 6.45) is 5.39. The summed E-state index contributed by atoms with van der Waals surface area (Å²) in [5.41, 5.74) is 4.02. The minimum absolute atomic E-state index is 0. The second-order valence-electron chi connectivity index (χ2n) is 12.7. The van der Waals surface area contributed by atoms with E-state index < -0.39 is 5.82 Å². The zero-order valence-electron chi connectivity index (χ0n) is 28.9. The van der Waals surface area contributed by atoms with Crippen LogP contribution in [0.1, 0.15) is 21.6 Å². The van der Waals surface area contributed by atoms with Crippen LogP contribution in [0.15, 0.2) is 119 Å². The highest BCUT2D eigenvalue weighted by molar-refractivity contribution is 5.95. The number of halogens is 2. The van der Waals surface area contributed by atoms with Crippen molar-refractivity contribution in [3.05, 3.63) is 153 Å². The second kappa shape index (κ2) is 15.6. The summed E-state index contributed by atoms with van der Waals surface area (Å²) in [5.74, 6) is -0.311. The van der Waals surface area contributed by atoms with Crippen LogP contribution in [-0.4, -0.2) is 73.5 Å². The molecule has 0 aliphatic carbocycles. The number of hydrogen-bond donors (Lipinski definition) is 1. The van der Waals surface area contributed by atoms with Crippen LogP contribution in [0, 0.1) is 5.82 Å². The highest BCUT2D eigenvalue weighted by Crippen LogP contribution is 2.29. The van der Waals surface area contributed by atoms with E-state index in [1.807, 2.05) is 42.5 Å². The molecule has 0 bridgehead atoms. The normalized spacial score (nSPS) is 12.8. The number of anilines is 1. The molecule has 1 aliphatic heterocycles. The van der Waals surface area contributed by atoms with Gasteiger partial charge in [0, 0.05) is 79.3 Å². The molecule has 3 aromatic carbocycles. The molecule has 272 valence electrons. The molecule has 54 heavy (non-hydrogen) atoms. The van der Waals surface area contributed by atoms with E-state index in [0.717, 1.165) is 22.2 Å². The Morgan fingerprint density at radius 2 is 1.69 bits per heavy atom. The van der Waals surface area contributed by atoms with Crippen molar-refractivity contribution in [2.24, 2.45) is 0 Å². The second-order valence-corrected chi connectivity index (χ2v) is 12.7. The third-order valence-corrected chi connectivity index (χ3v) is 9.41. The van der Waals surface area contributed by atoms with E-state index in [4.69, 9.17) is 4.74 Å². The van der Waals surface area contributed by atoms with Gasteiger partial charge in [0.1, 0.15) is 18.2 Å². The largest absolute Gasteiger partial charge is 0.491 e. The monoisotopic (exact) mass is 744 g/mol. The zero-order valence-corrected chi connectivity index (χ0v) is 29.7. The lowest BCUT2D eigenvalue weighted by molar-refractivity contribution is 0.0742. The highest BCUT2D eigenvalue weighted by Gasteiger charge is 2.25. The highest BCUT2D eigenvalue weighted by atomic mass is 35.5. The molecule has 4 aromatic heterocycles. The van der Waals surface area contributed by atoms with Crippen molar-refractivity contribution in [1.82, 2.24) is 34.8 Å². The lowest BCUT2D eigenvalue weighted by atomic mass is 10.0. The summed E-state index contributed by atoms with van der Waals surface area (Å²) >= 11 is 0. The molecule has 14 heteroatoms. The Hall–Kier alpha value is -6.47.